The van der Waals surface area contributed by atoms with Crippen molar-refractivity contribution in [2.45, 2.75) is 13.3 Å². The average molecular weight is 234 g/mol. The monoisotopic (exact) mass is 234 g/mol. The molecule has 0 amide bonds. The Kier molecular flexibility index (Phi) is 4.42. The van der Waals surface area contributed by atoms with Crippen molar-refractivity contribution in [1.82, 2.24) is 0 Å². The van der Waals surface area contributed by atoms with Gasteiger partial charge in [0.15, 0.2) is 0 Å². The number of benzene rings is 1. The molecular weight excluding hydrogens is 220 g/mol. The zero-order valence-electron chi connectivity index (χ0n) is 9.43. The molecule has 0 spiro atoms. The fourth-order valence-corrected chi connectivity index (χ4v) is 1.47. The molecule has 0 aromatic heterocycles. The van der Waals surface area contributed by atoms with Crippen LogP contribution in [0.15, 0.2) is 18.2 Å². The van der Waals surface area contributed by atoms with E-state index in [1.54, 1.807) is 12.1 Å². The molecule has 90 valence electrons. The van der Waals surface area contributed by atoms with Crippen LogP contribution in [0.5, 0.6) is 0 Å². The van der Waals surface area contributed by atoms with Crippen molar-refractivity contribution in [2.24, 2.45) is 0 Å². The summed E-state index contributed by atoms with van der Waals surface area (Å²) in [5.41, 5.74) is 6.94. The summed E-state index contributed by atoms with van der Waals surface area (Å²) in [7, 11) is 0. The van der Waals surface area contributed by atoms with Gasteiger partial charge in [-0.15, -0.1) is 0 Å². The van der Waals surface area contributed by atoms with Gasteiger partial charge in [0.05, 0.1) is 5.56 Å². The molecule has 0 unspecified atom stereocenters. The maximum absolute atomic E-state index is 11.4. The molecule has 1 rings (SSSR count). The van der Waals surface area contributed by atoms with E-state index in [1.165, 1.54) is 6.07 Å². The van der Waals surface area contributed by atoms with Crippen molar-refractivity contribution >= 4 is 23.9 Å². The Morgan fingerprint density at radius 1 is 1.59 bits per heavy atom. The zero-order chi connectivity index (χ0) is 12.8. The molecule has 0 fully saturated rings. The van der Waals surface area contributed by atoms with Gasteiger partial charge in [-0.2, -0.15) is 5.26 Å². The predicted octanol–water partition coefficient (Wildman–Crippen LogP) is 2.32. The average Bonchev–Trinajstić information content (AvgIpc) is 2.35. The summed E-state index contributed by atoms with van der Waals surface area (Å²) < 4.78 is 0. The molecule has 0 saturated carbocycles. The Morgan fingerprint density at radius 3 is 2.82 bits per heavy atom. The van der Waals surface area contributed by atoms with Crippen molar-refractivity contribution in [1.29, 1.82) is 5.41 Å². The Hall–Kier alpha value is -2.14. The minimum atomic E-state index is -0.929. The van der Waals surface area contributed by atoms with Crippen molar-refractivity contribution in [3.8, 4) is 0 Å². The zero-order valence-corrected chi connectivity index (χ0v) is 9.43. The van der Waals surface area contributed by atoms with E-state index in [4.69, 9.17) is 16.4 Å². The Morgan fingerprint density at radius 2 is 2.29 bits per heavy atom. The number of hydrogen-bond donors (Lipinski definition) is 3. The van der Waals surface area contributed by atoms with Gasteiger partial charge < -0.3 is 11.1 Å². The molecule has 17 heavy (non-hydrogen) atoms. The molecule has 1 aromatic carbocycles. The van der Waals surface area contributed by atoms with Crippen LogP contribution >= 0.6 is 0 Å². The van der Waals surface area contributed by atoms with Crippen LogP contribution in [0.4, 0.5) is 5.69 Å². The summed E-state index contributed by atoms with van der Waals surface area (Å²) in [6.07, 6.45) is 5.40. The molecular formula is C12H14N2O3. The molecule has 4 N–H and O–H groups in total. The van der Waals surface area contributed by atoms with Gasteiger partial charge in [0.1, 0.15) is 0 Å². The molecule has 5 heteroatoms. The van der Waals surface area contributed by atoms with Crippen molar-refractivity contribution in [3.63, 3.8) is 0 Å². The smallest absolute Gasteiger partial charge is 0.375 e. The van der Waals surface area contributed by atoms with E-state index >= 15 is 0 Å². The lowest BCUT2D eigenvalue weighted by atomic mass is 9.99. The first kappa shape index (κ1) is 12.9. The fourth-order valence-electron chi connectivity index (χ4n) is 1.47. The summed E-state index contributed by atoms with van der Waals surface area (Å²) >= 11 is 0. The molecule has 0 aliphatic rings. The molecule has 0 heterocycles. The van der Waals surface area contributed by atoms with Crippen LogP contribution in [0.3, 0.4) is 0 Å². The van der Waals surface area contributed by atoms with Crippen LogP contribution in [0.1, 0.15) is 34.8 Å². The third-order valence-corrected chi connectivity index (χ3v) is 2.27. The summed E-state index contributed by atoms with van der Waals surface area (Å²) in [5.74, 6) is -0.929. The van der Waals surface area contributed by atoms with Crippen LogP contribution in [0.2, 0.25) is 0 Å². The molecule has 0 atom stereocenters. The Labute approximate surface area is 99.0 Å². The van der Waals surface area contributed by atoms with E-state index in [0.29, 0.717) is 11.1 Å². The van der Waals surface area contributed by atoms with E-state index < -0.39 is 5.97 Å². The number of allylic oxidation sites excluding steroid dienone is 1. The van der Waals surface area contributed by atoms with Gasteiger partial charge in [0.25, 0.3) is 0 Å². The predicted molar refractivity (Wildman–Crippen MR) is 66.1 cm³/mol. The van der Waals surface area contributed by atoms with E-state index in [1.807, 2.05) is 13.0 Å². The van der Waals surface area contributed by atoms with Gasteiger partial charge in [0.2, 0.25) is 0 Å². The first-order valence-electron chi connectivity index (χ1n) is 5.10. The highest BCUT2D eigenvalue weighted by Crippen LogP contribution is 2.23. The van der Waals surface area contributed by atoms with E-state index in [-0.39, 0.29) is 11.3 Å². The Bertz CT molecular complexity index is 467. The normalized spacial score (nSPS) is 10.5. The van der Waals surface area contributed by atoms with Gasteiger partial charge in [-0.3, -0.25) is 4.89 Å². The lowest BCUT2D eigenvalue weighted by Crippen LogP contribution is -2.10. The molecule has 5 nitrogen and oxygen atoms in total. The largest absolute Gasteiger partial charge is 0.398 e. The van der Waals surface area contributed by atoms with Gasteiger partial charge in [0, 0.05) is 17.5 Å². The van der Waals surface area contributed by atoms with Crippen LogP contribution in [-0.2, 0) is 4.89 Å². The van der Waals surface area contributed by atoms with E-state index in [2.05, 4.69) is 4.89 Å². The number of rotatable bonds is 4. The first-order valence-corrected chi connectivity index (χ1v) is 5.10. The first-order chi connectivity index (χ1) is 8.15. The molecule has 0 aliphatic carbocycles. The third kappa shape index (κ3) is 2.70. The standard InChI is InChI=1S/C12H14N2O3/c1-2-3-4-9-8(7-13)5-6-10(14)11(9)12(15)17-16/h3-7,13,16H,2,14H2,1H3/b4-3-,13-7?. The Balaban J connectivity index is 3.47. The summed E-state index contributed by atoms with van der Waals surface area (Å²) in [5, 5.41) is 15.7. The van der Waals surface area contributed by atoms with Crippen LogP contribution in [-0.4, -0.2) is 17.4 Å². The maximum atomic E-state index is 11.4. The second-order valence-corrected chi connectivity index (χ2v) is 3.37. The van der Waals surface area contributed by atoms with Crippen LogP contribution in [0.25, 0.3) is 6.08 Å². The highest BCUT2D eigenvalue weighted by Gasteiger charge is 2.17. The van der Waals surface area contributed by atoms with Gasteiger partial charge >= 0.3 is 5.97 Å². The van der Waals surface area contributed by atoms with Crippen LogP contribution < -0.4 is 5.73 Å². The molecule has 0 aliphatic heterocycles. The summed E-state index contributed by atoms with van der Waals surface area (Å²) in [6, 6.07) is 3.13. The molecule has 0 radical (unpaired) electrons. The highest BCUT2D eigenvalue weighted by molar-refractivity contribution is 6.02. The number of carbonyl (C=O) groups is 1. The van der Waals surface area contributed by atoms with Crippen LogP contribution in [0, 0.1) is 5.41 Å². The number of hydrogen-bond acceptors (Lipinski definition) is 5. The van der Waals surface area contributed by atoms with E-state index in [9.17, 15) is 4.79 Å². The molecule has 0 bridgehead atoms. The number of nitrogens with two attached hydrogens (primary N) is 1. The van der Waals surface area contributed by atoms with Gasteiger partial charge in [-0.1, -0.05) is 25.1 Å². The molecule has 1 aromatic rings. The van der Waals surface area contributed by atoms with Gasteiger partial charge in [-0.05, 0) is 18.1 Å². The summed E-state index contributed by atoms with van der Waals surface area (Å²) in [6.45, 7) is 1.94. The second-order valence-electron chi connectivity index (χ2n) is 3.37. The SMILES string of the molecule is CC/C=C\c1c(C=N)ccc(N)c1C(=O)OO. The minimum absolute atomic E-state index is 0.0678. The minimum Gasteiger partial charge on any atom is -0.398 e. The number of carbonyl (C=O) groups excluding carboxylic acids is 1. The van der Waals surface area contributed by atoms with Crippen molar-refractivity contribution in [2.75, 3.05) is 5.73 Å². The molecule has 0 saturated heterocycles. The number of nitrogen functional groups attached to an aromatic ring is 1. The maximum Gasteiger partial charge on any atom is 0.375 e. The quantitative estimate of drug-likeness (QED) is 0.322. The fraction of sp³-hybridized carbons (Fsp3) is 0.167. The summed E-state index contributed by atoms with van der Waals surface area (Å²) in [4.78, 5) is 15.1. The highest BCUT2D eigenvalue weighted by atomic mass is 17.1. The lowest BCUT2D eigenvalue weighted by molar-refractivity contribution is -0.182. The van der Waals surface area contributed by atoms with E-state index in [0.717, 1.165) is 12.6 Å². The van der Waals surface area contributed by atoms with Crippen molar-refractivity contribution in [3.05, 3.63) is 34.9 Å². The second kappa shape index (κ2) is 5.81. The van der Waals surface area contributed by atoms with Gasteiger partial charge in [-0.25, -0.2) is 4.79 Å². The number of anilines is 1. The number of nitrogens with one attached hydrogen (secondary N) is 1. The van der Waals surface area contributed by atoms with Crippen molar-refractivity contribution < 1.29 is 14.9 Å². The third-order valence-electron chi connectivity index (χ3n) is 2.27. The lowest BCUT2D eigenvalue weighted by Gasteiger charge is -2.09. The topological polar surface area (TPSA) is 96.4 Å².